The summed E-state index contributed by atoms with van der Waals surface area (Å²) in [5.41, 5.74) is 1.50. The topological polar surface area (TPSA) is 56.0 Å². The van der Waals surface area contributed by atoms with Crippen LogP contribution in [0.4, 0.5) is 5.69 Å². The molecule has 0 aromatic heterocycles. The Labute approximate surface area is 104 Å². The van der Waals surface area contributed by atoms with Crippen molar-refractivity contribution in [2.24, 2.45) is 0 Å². The van der Waals surface area contributed by atoms with Crippen LogP contribution in [0, 0.1) is 11.3 Å². The van der Waals surface area contributed by atoms with E-state index in [1.54, 1.807) is 19.1 Å². The van der Waals surface area contributed by atoms with Gasteiger partial charge in [-0.1, -0.05) is 15.9 Å². The smallest absolute Gasteiger partial charge is 0.0992 e. The molecule has 3 nitrogen and oxygen atoms in total. The molecule has 1 aromatic carbocycles. The lowest BCUT2D eigenvalue weighted by atomic mass is 10.1. The summed E-state index contributed by atoms with van der Waals surface area (Å²) in [5.74, 6) is 0. The van der Waals surface area contributed by atoms with Crippen LogP contribution in [0.15, 0.2) is 22.7 Å². The van der Waals surface area contributed by atoms with Crippen molar-refractivity contribution in [3.63, 3.8) is 0 Å². The molecular weight excluding hydrogens is 268 g/mol. The van der Waals surface area contributed by atoms with Gasteiger partial charge in [0.15, 0.2) is 0 Å². The molecule has 0 saturated carbocycles. The lowest BCUT2D eigenvalue weighted by molar-refractivity contribution is 0.179. The van der Waals surface area contributed by atoms with Crippen molar-refractivity contribution >= 4 is 21.6 Å². The van der Waals surface area contributed by atoms with E-state index in [-0.39, 0.29) is 12.1 Å². The van der Waals surface area contributed by atoms with E-state index in [2.05, 4.69) is 27.3 Å². The number of benzene rings is 1. The highest BCUT2D eigenvalue weighted by atomic mass is 79.9. The maximum atomic E-state index is 9.25. The summed E-state index contributed by atoms with van der Waals surface area (Å²) in [6, 6.07) is 7.75. The second kappa shape index (κ2) is 5.88. The van der Waals surface area contributed by atoms with Crippen LogP contribution in [-0.2, 0) is 0 Å². The number of hydrogen-bond donors (Lipinski definition) is 2. The van der Waals surface area contributed by atoms with Crippen LogP contribution in [0.25, 0.3) is 0 Å². The first kappa shape index (κ1) is 13.0. The summed E-state index contributed by atoms with van der Waals surface area (Å²) in [7, 11) is 0. The highest BCUT2D eigenvalue weighted by molar-refractivity contribution is 9.10. The fourth-order valence-corrected chi connectivity index (χ4v) is 2.09. The molecule has 0 saturated heterocycles. The minimum atomic E-state index is -0.329. The van der Waals surface area contributed by atoms with Crippen molar-refractivity contribution in [2.75, 3.05) is 5.32 Å². The molecule has 86 valence electrons. The maximum absolute atomic E-state index is 9.25. The van der Waals surface area contributed by atoms with E-state index in [0.717, 1.165) is 10.2 Å². The monoisotopic (exact) mass is 282 g/mol. The van der Waals surface area contributed by atoms with Gasteiger partial charge in [0.25, 0.3) is 0 Å². The van der Waals surface area contributed by atoms with Gasteiger partial charge in [-0.05, 0) is 38.5 Å². The quantitative estimate of drug-likeness (QED) is 0.893. The summed E-state index contributed by atoms with van der Waals surface area (Å²) < 4.78 is 0.873. The van der Waals surface area contributed by atoms with E-state index in [4.69, 9.17) is 5.26 Å². The van der Waals surface area contributed by atoms with Crippen molar-refractivity contribution < 1.29 is 5.11 Å². The van der Waals surface area contributed by atoms with Gasteiger partial charge >= 0.3 is 0 Å². The van der Waals surface area contributed by atoms with Gasteiger partial charge in [-0.15, -0.1) is 0 Å². The summed E-state index contributed by atoms with van der Waals surface area (Å²) in [5, 5.41) is 21.3. The molecule has 0 aliphatic rings. The molecule has 0 aliphatic carbocycles. The number of anilines is 1. The molecule has 2 unspecified atom stereocenters. The van der Waals surface area contributed by atoms with Crippen LogP contribution < -0.4 is 5.32 Å². The van der Waals surface area contributed by atoms with Crippen LogP contribution in [0.2, 0.25) is 0 Å². The Morgan fingerprint density at radius 2 is 2.12 bits per heavy atom. The Morgan fingerprint density at radius 1 is 1.44 bits per heavy atom. The highest BCUT2D eigenvalue weighted by Crippen LogP contribution is 2.20. The van der Waals surface area contributed by atoms with E-state index < -0.39 is 0 Å². The second-order valence-corrected chi connectivity index (χ2v) is 4.89. The average Bonchev–Trinajstić information content (AvgIpc) is 2.14. The Bertz CT molecular complexity index is 398. The number of nitriles is 1. The molecule has 0 amide bonds. The zero-order chi connectivity index (χ0) is 12.1. The van der Waals surface area contributed by atoms with Crippen molar-refractivity contribution in [2.45, 2.75) is 32.4 Å². The SMILES string of the molecule is CC(O)CC(C)Nc1cc(Br)cc(C#N)c1. The number of nitrogens with one attached hydrogen (secondary N) is 1. The number of rotatable bonds is 4. The van der Waals surface area contributed by atoms with Gasteiger partial charge in [0.2, 0.25) is 0 Å². The van der Waals surface area contributed by atoms with Gasteiger partial charge in [0.05, 0.1) is 17.7 Å². The Morgan fingerprint density at radius 3 is 2.69 bits per heavy atom. The summed E-state index contributed by atoms with van der Waals surface area (Å²) in [6.07, 6.45) is 0.346. The van der Waals surface area contributed by atoms with Crippen molar-refractivity contribution in [1.29, 1.82) is 5.26 Å². The van der Waals surface area contributed by atoms with Crippen molar-refractivity contribution in [3.05, 3.63) is 28.2 Å². The third kappa shape index (κ3) is 4.21. The highest BCUT2D eigenvalue weighted by Gasteiger charge is 2.07. The molecule has 0 bridgehead atoms. The summed E-state index contributed by atoms with van der Waals surface area (Å²) in [6.45, 7) is 3.76. The Hall–Kier alpha value is -1.05. The number of hydrogen-bond acceptors (Lipinski definition) is 3. The van der Waals surface area contributed by atoms with E-state index in [1.807, 2.05) is 13.0 Å². The lowest BCUT2D eigenvalue weighted by Gasteiger charge is -2.17. The molecule has 1 aromatic rings. The van der Waals surface area contributed by atoms with Gasteiger partial charge in [-0.3, -0.25) is 0 Å². The standard InChI is InChI=1S/C12H15BrN2O/c1-8(3-9(2)16)15-12-5-10(7-14)4-11(13)6-12/h4-6,8-9,15-16H,3H2,1-2H3. The van der Waals surface area contributed by atoms with E-state index in [0.29, 0.717) is 12.0 Å². The van der Waals surface area contributed by atoms with Crippen LogP contribution in [0.5, 0.6) is 0 Å². The van der Waals surface area contributed by atoms with Gasteiger partial charge in [-0.2, -0.15) is 5.26 Å². The molecule has 0 heterocycles. The summed E-state index contributed by atoms with van der Waals surface area (Å²) in [4.78, 5) is 0. The zero-order valence-corrected chi connectivity index (χ0v) is 11.0. The third-order valence-corrected chi connectivity index (χ3v) is 2.59. The zero-order valence-electron chi connectivity index (χ0n) is 9.37. The molecule has 4 heteroatoms. The molecule has 0 spiro atoms. The van der Waals surface area contributed by atoms with Gasteiger partial charge in [0, 0.05) is 16.2 Å². The van der Waals surface area contributed by atoms with Crippen molar-refractivity contribution in [3.8, 4) is 6.07 Å². The molecule has 2 N–H and O–H groups in total. The van der Waals surface area contributed by atoms with E-state index in [1.165, 1.54) is 0 Å². The Balaban J connectivity index is 2.74. The van der Waals surface area contributed by atoms with Crippen LogP contribution >= 0.6 is 15.9 Å². The van der Waals surface area contributed by atoms with Gasteiger partial charge in [-0.25, -0.2) is 0 Å². The molecule has 16 heavy (non-hydrogen) atoms. The molecule has 0 aliphatic heterocycles. The molecule has 2 atom stereocenters. The predicted octanol–water partition coefficient (Wildman–Crippen LogP) is 2.89. The number of halogens is 1. The first-order chi connectivity index (χ1) is 7.51. The summed E-state index contributed by atoms with van der Waals surface area (Å²) >= 11 is 3.35. The first-order valence-corrected chi connectivity index (χ1v) is 5.96. The normalized spacial score (nSPS) is 13.9. The van der Waals surface area contributed by atoms with E-state index in [9.17, 15) is 5.11 Å². The van der Waals surface area contributed by atoms with Gasteiger partial charge in [0.1, 0.15) is 0 Å². The molecule has 0 fully saturated rings. The molecule has 0 radical (unpaired) electrons. The molecular formula is C12H15BrN2O. The number of nitrogens with zero attached hydrogens (tertiary/aromatic N) is 1. The maximum Gasteiger partial charge on any atom is 0.0992 e. The minimum absolute atomic E-state index is 0.167. The third-order valence-electron chi connectivity index (χ3n) is 2.13. The van der Waals surface area contributed by atoms with Crippen LogP contribution in [0.1, 0.15) is 25.8 Å². The lowest BCUT2D eigenvalue weighted by Crippen LogP contribution is -2.20. The first-order valence-electron chi connectivity index (χ1n) is 5.16. The molecule has 1 rings (SSSR count). The predicted molar refractivity (Wildman–Crippen MR) is 68.2 cm³/mol. The number of aliphatic hydroxyl groups excluding tert-OH is 1. The van der Waals surface area contributed by atoms with Crippen LogP contribution in [-0.4, -0.2) is 17.3 Å². The fraction of sp³-hybridized carbons (Fsp3) is 0.417. The average molecular weight is 283 g/mol. The number of aliphatic hydroxyl groups is 1. The fourth-order valence-electron chi connectivity index (χ4n) is 1.59. The largest absolute Gasteiger partial charge is 0.393 e. The Kier molecular flexibility index (Phi) is 4.78. The van der Waals surface area contributed by atoms with Crippen LogP contribution in [0.3, 0.4) is 0 Å². The van der Waals surface area contributed by atoms with E-state index >= 15 is 0 Å². The van der Waals surface area contributed by atoms with Gasteiger partial charge < -0.3 is 10.4 Å². The second-order valence-electron chi connectivity index (χ2n) is 3.97. The van der Waals surface area contributed by atoms with Crippen molar-refractivity contribution in [1.82, 2.24) is 0 Å². The minimum Gasteiger partial charge on any atom is -0.393 e.